The Morgan fingerprint density at radius 2 is 1.65 bits per heavy atom. The maximum atomic E-state index is 5.98. The van der Waals surface area contributed by atoms with E-state index in [1.807, 2.05) is 12.1 Å². The van der Waals surface area contributed by atoms with Crippen molar-refractivity contribution in [2.45, 2.75) is 26.3 Å². The van der Waals surface area contributed by atoms with Crippen LogP contribution in [0, 0.1) is 5.92 Å². The van der Waals surface area contributed by atoms with Crippen LogP contribution in [0.25, 0.3) is 0 Å². The molecule has 0 radical (unpaired) electrons. The maximum Gasteiger partial charge on any atom is 0.0406 e. The molecule has 5 heteroatoms. The summed E-state index contributed by atoms with van der Waals surface area (Å²) in [5, 5.41) is 4.24. The average molecular weight is 340 g/mol. The van der Waals surface area contributed by atoms with Gasteiger partial charge < -0.3 is 5.32 Å². The highest BCUT2D eigenvalue weighted by Gasteiger charge is 2.22. The number of hydrogen-bond acceptors (Lipinski definition) is 2. The number of halogens is 3. The van der Waals surface area contributed by atoms with Crippen LogP contribution in [0.5, 0.6) is 0 Å². The lowest BCUT2D eigenvalue weighted by Gasteiger charge is -2.36. The zero-order chi connectivity index (χ0) is 13.0. The monoisotopic (exact) mass is 338 g/mol. The molecule has 1 aromatic carbocycles. The minimum atomic E-state index is 0. The molecule has 0 aromatic heterocycles. The van der Waals surface area contributed by atoms with Gasteiger partial charge >= 0.3 is 0 Å². The number of rotatable bonds is 4. The van der Waals surface area contributed by atoms with E-state index in [0.717, 1.165) is 31.2 Å². The van der Waals surface area contributed by atoms with Crippen LogP contribution in [-0.4, -0.2) is 31.1 Å². The summed E-state index contributed by atoms with van der Waals surface area (Å²) in [5.74, 6) is 0.709. The molecule has 2 rings (SSSR count). The molecule has 1 aromatic rings. The summed E-state index contributed by atoms with van der Waals surface area (Å²) < 4.78 is 0. The van der Waals surface area contributed by atoms with Gasteiger partial charge in [-0.2, -0.15) is 0 Å². The second-order valence-corrected chi connectivity index (χ2v) is 5.92. The molecule has 0 amide bonds. The first-order valence-electron chi connectivity index (χ1n) is 6.87. The zero-order valence-electron chi connectivity index (χ0n) is 12.1. The van der Waals surface area contributed by atoms with Crippen molar-refractivity contribution in [3.63, 3.8) is 0 Å². The van der Waals surface area contributed by atoms with E-state index in [1.54, 1.807) is 0 Å². The van der Waals surface area contributed by atoms with Gasteiger partial charge in [-0.05, 0) is 30.0 Å². The second-order valence-electron chi connectivity index (χ2n) is 5.48. The van der Waals surface area contributed by atoms with Gasteiger partial charge in [0, 0.05) is 37.2 Å². The lowest BCUT2D eigenvalue weighted by atomic mass is 9.95. The molecular weight excluding hydrogens is 315 g/mol. The van der Waals surface area contributed by atoms with Crippen LogP contribution in [-0.2, 0) is 0 Å². The Morgan fingerprint density at radius 1 is 1.10 bits per heavy atom. The summed E-state index contributed by atoms with van der Waals surface area (Å²) in [5.41, 5.74) is 1.40. The Kier molecular flexibility index (Phi) is 9.86. The fraction of sp³-hybridized carbons (Fsp3) is 0.600. The first-order chi connectivity index (χ1) is 8.66. The Morgan fingerprint density at radius 3 is 2.15 bits per heavy atom. The first kappa shape index (κ1) is 20.0. The predicted octanol–water partition coefficient (Wildman–Crippen LogP) is 4.18. The maximum absolute atomic E-state index is 5.98. The normalized spacial score (nSPS) is 17.2. The molecule has 1 fully saturated rings. The fourth-order valence-corrected chi connectivity index (χ4v) is 2.75. The van der Waals surface area contributed by atoms with Crippen LogP contribution in [0.15, 0.2) is 24.3 Å². The van der Waals surface area contributed by atoms with Crippen molar-refractivity contribution in [3.8, 4) is 0 Å². The van der Waals surface area contributed by atoms with Gasteiger partial charge in [0.25, 0.3) is 0 Å². The van der Waals surface area contributed by atoms with Crippen LogP contribution in [0.2, 0.25) is 5.02 Å². The molecule has 1 aliphatic heterocycles. The van der Waals surface area contributed by atoms with E-state index in [9.17, 15) is 0 Å². The van der Waals surface area contributed by atoms with Gasteiger partial charge in [0.15, 0.2) is 0 Å². The van der Waals surface area contributed by atoms with E-state index >= 15 is 0 Å². The lowest BCUT2D eigenvalue weighted by Crippen LogP contribution is -2.45. The summed E-state index contributed by atoms with van der Waals surface area (Å²) in [6, 6.07) is 8.90. The van der Waals surface area contributed by atoms with Gasteiger partial charge in [-0.15, -0.1) is 24.8 Å². The number of piperazine rings is 1. The standard InChI is InChI=1S/C15H23ClN2.2ClH/c1-12(2)11-15(18-9-7-17-8-10-18)13-3-5-14(16)6-4-13;;/h3-6,12,15,17H,7-11H2,1-2H3;2*1H/t15-;;/m1../s1. The molecule has 116 valence electrons. The SMILES string of the molecule is CC(C)C[C@H](c1ccc(Cl)cc1)N1CCNCC1.Cl.Cl. The van der Waals surface area contributed by atoms with Crippen LogP contribution in [0.3, 0.4) is 0 Å². The van der Waals surface area contributed by atoms with E-state index in [1.165, 1.54) is 12.0 Å². The zero-order valence-corrected chi connectivity index (χ0v) is 14.5. The molecule has 1 aliphatic rings. The Bertz CT molecular complexity index is 362. The van der Waals surface area contributed by atoms with Gasteiger partial charge in [0.05, 0.1) is 0 Å². The number of benzene rings is 1. The molecule has 1 N–H and O–H groups in total. The average Bonchev–Trinajstić information content (AvgIpc) is 2.38. The van der Waals surface area contributed by atoms with E-state index in [0.29, 0.717) is 12.0 Å². The lowest BCUT2D eigenvalue weighted by molar-refractivity contribution is 0.154. The van der Waals surface area contributed by atoms with Crippen molar-refractivity contribution in [1.29, 1.82) is 0 Å². The third kappa shape index (κ3) is 5.79. The fourth-order valence-electron chi connectivity index (χ4n) is 2.62. The molecule has 0 aliphatic carbocycles. The van der Waals surface area contributed by atoms with Crippen LogP contribution in [0.1, 0.15) is 31.9 Å². The van der Waals surface area contributed by atoms with Gasteiger partial charge in [-0.25, -0.2) is 0 Å². The molecular formula is C15H25Cl3N2. The minimum Gasteiger partial charge on any atom is -0.314 e. The molecule has 20 heavy (non-hydrogen) atoms. The topological polar surface area (TPSA) is 15.3 Å². The van der Waals surface area contributed by atoms with E-state index in [2.05, 4.69) is 36.2 Å². The molecule has 0 spiro atoms. The molecule has 1 atom stereocenters. The summed E-state index contributed by atoms with van der Waals surface area (Å²) in [6.07, 6.45) is 1.21. The quantitative estimate of drug-likeness (QED) is 0.885. The van der Waals surface area contributed by atoms with E-state index < -0.39 is 0 Å². The summed E-state index contributed by atoms with van der Waals surface area (Å²) in [4.78, 5) is 2.60. The van der Waals surface area contributed by atoms with Crippen LogP contribution in [0.4, 0.5) is 0 Å². The van der Waals surface area contributed by atoms with E-state index in [-0.39, 0.29) is 24.8 Å². The minimum absolute atomic E-state index is 0. The number of nitrogens with one attached hydrogen (secondary N) is 1. The molecule has 0 saturated carbocycles. The Labute approximate surface area is 140 Å². The van der Waals surface area contributed by atoms with Crippen molar-refractivity contribution in [2.75, 3.05) is 26.2 Å². The molecule has 0 unspecified atom stereocenters. The molecule has 2 nitrogen and oxygen atoms in total. The highest BCUT2D eigenvalue weighted by atomic mass is 35.5. The van der Waals surface area contributed by atoms with Gasteiger partial charge in [-0.3, -0.25) is 4.90 Å². The third-order valence-corrected chi connectivity index (χ3v) is 3.79. The smallest absolute Gasteiger partial charge is 0.0406 e. The third-order valence-electron chi connectivity index (χ3n) is 3.54. The van der Waals surface area contributed by atoms with Crippen LogP contribution >= 0.6 is 36.4 Å². The van der Waals surface area contributed by atoms with Gasteiger partial charge in [0.1, 0.15) is 0 Å². The summed E-state index contributed by atoms with van der Waals surface area (Å²) in [6.45, 7) is 9.07. The highest BCUT2D eigenvalue weighted by Crippen LogP contribution is 2.28. The van der Waals surface area contributed by atoms with Crippen molar-refractivity contribution in [1.82, 2.24) is 10.2 Å². The molecule has 0 bridgehead atoms. The Balaban J connectivity index is 0.00000180. The molecule has 1 heterocycles. The van der Waals surface area contributed by atoms with Crippen molar-refractivity contribution < 1.29 is 0 Å². The number of nitrogens with zero attached hydrogens (tertiary/aromatic N) is 1. The predicted molar refractivity (Wildman–Crippen MR) is 92.6 cm³/mol. The first-order valence-corrected chi connectivity index (χ1v) is 7.25. The van der Waals surface area contributed by atoms with Crippen molar-refractivity contribution >= 4 is 36.4 Å². The molecule has 1 saturated heterocycles. The summed E-state index contributed by atoms with van der Waals surface area (Å²) in [7, 11) is 0. The van der Waals surface area contributed by atoms with Gasteiger partial charge in [0.2, 0.25) is 0 Å². The largest absolute Gasteiger partial charge is 0.314 e. The van der Waals surface area contributed by atoms with Crippen molar-refractivity contribution in [3.05, 3.63) is 34.9 Å². The van der Waals surface area contributed by atoms with Crippen LogP contribution < -0.4 is 5.32 Å². The second kappa shape index (κ2) is 9.86. The summed E-state index contributed by atoms with van der Waals surface area (Å²) >= 11 is 5.98. The highest BCUT2D eigenvalue weighted by molar-refractivity contribution is 6.30. The van der Waals surface area contributed by atoms with Crippen molar-refractivity contribution in [2.24, 2.45) is 5.92 Å². The Hall–Kier alpha value is 0.01000. The van der Waals surface area contributed by atoms with Gasteiger partial charge in [-0.1, -0.05) is 37.6 Å². The van der Waals surface area contributed by atoms with E-state index in [4.69, 9.17) is 11.6 Å². The number of hydrogen-bond donors (Lipinski definition) is 1.